The van der Waals surface area contributed by atoms with Crippen LogP contribution >= 0.6 is 11.3 Å². The number of rotatable bonds is 5. The van der Waals surface area contributed by atoms with Gasteiger partial charge in [0.1, 0.15) is 5.78 Å². The second-order valence-electron chi connectivity index (χ2n) is 5.21. The molecule has 1 fully saturated rings. The van der Waals surface area contributed by atoms with E-state index in [4.69, 9.17) is 5.73 Å². The summed E-state index contributed by atoms with van der Waals surface area (Å²) in [6.45, 7) is 0. The van der Waals surface area contributed by atoms with E-state index in [2.05, 4.69) is 11.4 Å². The molecule has 1 aliphatic carbocycles. The van der Waals surface area contributed by atoms with Gasteiger partial charge in [0, 0.05) is 17.0 Å². The zero-order valence-electron chi connectivity index (χ0n) is 10.8. The van der Waals surface area contributed by atoms with Crippen LogP contribution in [0.4, 0.5) is 5.69 Å². The van der Waals surface area contributed by atoms with Crippen molar-refractivity contribution in [1.29, 1.82) is 0 Å². The molecule has 0 bridgehead atoms. The van der Waals surface area contributed by atoms with Gasteiger partial charge in [-0.05, 0) is 48.4 Å². The summed E-state index contributed by atoms with van der Waals surface area (Å²) in [7, 11) is 0. The summed E-state index contributed by atoms with van der Waals surface area (Å²) in [5.41, 5.74) is 7.39. The highest BCUT2D eigenvalue weighted by Gasteiger charge is 2.50. The average molecular weight is 271 g/mol. The van der Waals surface area contributed by atoms with Crippen LogP contribution in [0.1, 0.15) is 29.7 Å². The molecule has 1 saturated carbocycles. The molecule has 0 unspecified atom stereocenters. The van der Waals surface area contributed by atoms with Gasteiger partial charge in [-0.15, -0.1) is 11.3 Å². The van der Waals surface area contributed by atoms with E-state index >= 15 is 0 Å². The van der Waals surface area contributed by atoms with Gasteiger partial charge in [0.25, 0.3) is 0 Å². The number of thiophene rings is 1. The van der Waals surface area contributed by atoms with E-state index in [0.29, 0.717) is 12.2 Å². The summed E-state index contributed by atoms with van der Waals surface area (Å²) >= 11 is 1.72. The SMILES string of the molecule is Nc1ccc(C2(C(=O)CCc3cccs3)CC2)cc1. The van der Waals surface area contributed by atoms with Gasteiger partial charge in [0.2, 0.25) is 0 Å². The molecular formula is C16H17NOS. The normalized spacial score (nSPS) is 16.2. The first-order valence-corrected chi connectivity index (χ1v) is 7.50. The van der Waals surface area contributed by atoms with Crippen molar-refractivity contribution in [1.82, 2.24) is 0 Å². The highest BCUT2D eigenvalue weighted by molar-refractivity contribution is 7.09. The minimum Gasteiger partial charge on any atom is -0.399 e. The molecule has 0 atom stereocenters. The first kappa shape index (κ1) is 12.4. The van der Waals surface area contributed by atoms with Crippen LogP contribution in [0, 0.1) is 0 Å². The number of hydrogen-bond donors (Lipinski definition) is 1. The predicted molar refractivity (Wildman–Crippen MR) is 79.4 cm³/mol. The standard InChI is InChI=1S/C16H17NOS/c17-13-5-3-12(4-6-13)16(9-10-16)15(18)8-7-14-2-1-11-19-14/h1-6,11H,7-10,17H2. The van der Waals surface area contributed by atoms with Gasteiger partial charge >= 0.3 is 0 Å². The number of anilines is 1. The molecule has 2 N–H and O–H groups in total. The summed E-state index contributed by atoms with van der Waals surface area (Å²) in [4.78, 5) is 13.8. The van der Waals surface area contributed by atoms with Crippen LogP contribution in [0.2, 0.25) is 0 Å². The second-order valence-corrected chi connectivity index (χ2v) is 6.24. The highest BCUT2D eigenvalue weighted by atomic mass is 32.1. The van der Waals surface area contributed by atoms with Crippen LogP contribution < -0.4 is 5.73 Å². The quantitative estimate of drug-likeness (QED) is 0.845. The van der Waals surface area contributed by atoms with Crippen molar-refractivity contribution >= 4 is 22.8 Å². The second kappa shape index (κ2) is 4.82. The Morgan fingerprint density at radius 2 is 1.95 bits per heavy atom. The van der Waals surface area contributed by atoms with E-state index in [9.17, 15) is 4.79 Å². The molecular weight excluding hydrogens is 254 g/mol. The summed E-state index contributed by atoms with van der Waals surface area (Å²) in [6.07, 6.45) is 3.48. The fraction of sp³-hybridized carbons (Fsp3) is 0.312. The number of Topliss-reactive ketones (excluding diaryl/α,β-unsaturated/α-hetero) is 1. The Bertz CT molecular complexity index is 567. The number of nitrogen functional groups attached to an aromatic ring is 1. The minimum absolute atomic E-state index is 0.203. The Morgan fingerprint density at radius 1 is 1.21 bits per heavy atom. The first-order valence-electron chi connectivity index (χ1n) is 6.62. The molecule has 3 rings (SSSR count). The lowest BCUT2D eigenvalue weighted by molar-refractivity contribution is -0.121. The topological polar surface area (TPSA) is 43.1 Å². The van der Waals surface area contributed by atoms with Crippen LogP contribution in [0.5, 0.6) is 0 Å². The maximum Gasteiger partial charge on any atom is 0.143 e. The minimum atomic E-state index is -0.203. The number of benzene rings is 1. The van der Waals surface area contributed by atoms with Gasteiger partial charge in [0.15, 0.2) is 0 Å². The van der Waals surface area contributed by atoms with Crippen LogP contribution in [-0.2, 0) is 16.6 Å². The number of aryl methyl sites for hydroxylation is 1. The third-order valence-corrected chi connectivity index (χ3v) is 4.86. The number of nitrogens with two attached hydrogens (primary N) is 1. The maximum atomic E-state index is 12.5. The van der Waals surface area contributed by atoms with Gasteiger partial charge in [-0.1, -0.05) is 18.2 Å². The van der Waals surface area contributed by atoms with Crippen LogP contribution in [0.15, 0.2) is 41.8 Å². The van der Waals surface area contributed by atoms with E-state index in [-0.39, 0.29) is 5.41 Å². The Balaban J connectivity index is 1.70. The van der Waals surface area contributed by atoms with Crippen molar-refractivity contribution in [3.8, 4) is 0 Å². The third kappa shape index (κ3) is 2.43. The van der Waals surface area contributed by atoms with Gasteiger partial charge in [-0.3, -0.25) is 4.79 Å². The molecule has 2 nitrogen and oxygen atoms in total. The molecule has 0 radical (unpaired) electrons. The zero-order valence-corrected chi connectivity index (χ0v) is 11.6. The van der Waals surface area contributed by atoms with Crippen molar-refractivity contribution in [2.24, 2.45) is 0 Å². The van der Waals surface area contributed by atoms with Crippen LogP contribution in [0.3, 0.4) is 0 Å². The molecule has 1 aromatic carbocycles. The predicted octanol–water partition coefficient (Wildman–Crippen LogP) is 3.56. The highest BCUT2D eigenvalue weighted by Crippen LogP contribution is 2.49. The van der Waals surface area contributed by atoms with E-state index in [1.165, 1.54) is 4.88 Å². The summed E-state index contributed by atoms with van der Waals surface area (Å²) in [5.74, 6) is 0.380. The molecule has 1 aromatic heterocycles. The molecule has 1 heterocycles. The van der Waals surface area contributed by atoms with Crippen molar-refractivity contribution in [3.63, 3.8) is 0 Å². The number of hydrogen-bond acceptors (Lipinski definition) is 3. The van der Waals surface area contributed by atoms with E-state index < -0.39 is 0 Å². The van der Waals surface area contributed by atoms with Gasteiger partial charge < -0.3 is 5.73 Å². The summed E-state index contributed by atoms with van der Waals surface area (Å²) in [5, 5.41) is 2.06. The van der Waals surface area contributed by atoms with Crippen molar-refractivity contribution in [2.45, 2.75) is 31.1 Å². The smallest absolute Gasteiger partial charge is 0.143 e. The Morgan fingerprint density at radius 3 is 2.53 bits per heavy atom. The molecule has 0 saturated heterocycles. The lowest BCUT2D eigenvalue weighted by Gasteiger charge is -2.14. The van der Waals surface area contributed by atoms with Crippen molar-refractivity contribution in [3.05, 3.63) is 52.2 Å². The Kier molecular flexibility index (Phi) is 3.15. The fourth-order valence-corrected chi connectivity index (χ4v) is 3.30. The summed E-state index contributed by atoms with van der Waals surface area (Å²) in [6, 6.07) is 11.9. The maximum absolute atomic E-state index is 12.5. The Labute approximate surface area is 117 Å². The number of carbonyl (C=O) groups excluding carboxylic acids is 1. The monoisotopic (exact) mass is 271 g/mol. The molecule has 98 valence electrons. The first-order chi connectivity index (χ1) is 9.21. The number of carbonyl (C=O) groups is 1. The van der Waals surface area contributed by atoms with Crippen LogP contribution in [0.25, 0.3) is 0 Å². The van der Waals surface area contributed by atoms with Gasteiger partial charge in [-0.2, -0.15) is 0 Å². The Hall–Kier alpha value is -1.61. The van der Waals surface area contributed by atoms with Crippen molar-refractivity contribution in [2.75, 3.05) is 5.73 Å². The van der Waals surface area contributed by atoms with Crippen LogP contribution in [-0.4, -0.2) is 5.78 Å². The van der Waals surface area contributed by atoms with Gasteiger partial charge in [0.05, 0.1) is 5.41 Å². The molecule has 0 spiro atoms. The van der Waals surface area contributed by atoms with E-state index in [1.807, 2.05) is 30.3 Å². The summed E-state index contributed by atoms with van der Waals surface area (Å²) < 4.78 is 0. The fourth-order valence-electron chi connectivity index (χ4n) is 2.59. The lowest BCUT2D eigenvalue weighted by Crippen LogP contribution is -2.20. The van der Waals surface area contributed by atoms with E-state index in [0.717, 1.165) is 30.5 Å². The average Bonchev–Trinajstić information content (AvgIpc) is 3.07. The largest absolute Gasteiger partial charge is 0.399 e. The zero-order chi connectivity index (χ0) is 13.3. The van der Waals surface area contributed by atoms with Gasteiger partial charge in [-0.25, -0.2) is 0 Å². The molecule has 19 heavy (non-hydrogen) atoms. The molecule has 3 heteroatoms. The molecule has 0 amide bonds. The third-order valence-electron chi connectivity index (χ3n) is 3.93. The molecule has 0 aliphatic heterocycles. The lowest BCUT2D eigenvalue weighted by atomic mass is 9.89. The molecule has 2 aromatic rings. The molecule has 1 aliphatic rings. The number of ketones is 1. The van der Waals surface area contributed by atoms with E-state index in [1.54, 1.807) is 11.3 Å². The van der Waals surface area contributed by atoms with Crippen molar-refractivity contribution < 1.29 is 4.79 Å².